The van der Waals surface area contributed by atoms with E-state index in [4.69, 9.17) is 0 Å². The van der Waals surface area contributed by atoms with Crippen molar-refractivity contribution in [2.75, 3.05) is 0 Å². The molecule has 0 radical (unpaired) electrons. The lowest BCUT2D eigenvalue weighted by Gasteiger charge is -2.39. The van der Waals surface area contributed by atoms with Crippen LogP contribution in [0.2, 0.25) is 0 Å². The number of fused-ring (bicyclic) bond motifs is 4. The Morgan fingerprint density at radius 1 is 1.25 bits per heavy atom. The summed E-state index contributed by atoms with van der Waals surface area (Å²) in [6.07, 6.45) is 8.61. The van der Waals surface area contributed by atoms with Gasteiger partial charge in [0.25, 0.3) is 0 Å². The maximum atomic E-state index is 12.9. The molecule has 1 saturated carbocycles. The molecule has 0 amide bonds. The van der Waals surface area contributed by atoms with Crippen molar-refractivity contribution in [2.24, 2.45) is 17.3 Å². The summed E-state index contributed by atoms with van der Waals surface area (Å²) in [7, 11) is 0. The van der Waals surface area contributed by atoms with Gasteiger partial charge in [-0.2, -0.15) is 0 Å². The van der Waals surface area contributed by atoms with Crippen molar-refractivity contribution in [1.29, 1.82) is 0 Å². The molecule has 3 aliphatic carbocycles. The van der Waals surface area contributed by atoms with E-state index >= 15 is 0 Å². The van der Waals surface area contributed by atoms with Crippen molar-refractivity contribution in [3.63, 3.8) is 0 Å². The van der Waals surface area contributed by atoms with Crippen molar-refractivity contribution in [1.82, 2.24) is 0 Å². The van der Waals surface area contributed by atoms with Crippen molar-refractivity contribution in [3.05, 3.63) is 47.0 Å². The smallest absolute Gasteiger partial charge is 0.144 e. The van der Waals surface area contributed by atoms with Crippen LogP contribution in [0.1, 0.15) is 49.3 Å². The van der Waals surface area contributed by atoms with Crippen LogP contribution in [-0.4, -0.2) is 5.78 Å². The Balaban J connectivity index is 1.79. The Hall–Kier alpha value is -1.37. The van der Waals surface area contributed by atoms with Gasteiger partial charge >= 0.3 is 0 Å². The quantitative estimate of drug-likeness (QED) is 0.701. The monoisotopic (exact) mass is 266 g/mol. The van der Waals surface area contributed by atoms with Gasteiger partial charge in [0.15, 0.2) is 0 Å². The van der Waals surface area contributed by atoms with Crippen LogP contribution in [0, 0.1) is 17.3 Å². The first kappa shape index (κ1) is 12.4. The fraction of sp³-hybridized carbons (Fsp3) is 0.526. The minimum atomic E-state index is -0.0536. The lowest BCUT2D eigenvalue weighted by Crippen LogP contribution is -2.42. The normalized spacial score (nSPS) is 34.2. The van der Waals surface area contributed by atoms with Gasteiger partial charge in [0, 0.05) is 11.8 Å². The number of carbonyl (C=O) groups is 1. The van der Waals surface area contributed by atoms with E-state index in [1.54, 1.807) is 0 Å². The third kappa shape index (κ3) is 1.52. The predicted octanol–water partition coefficient (Wildman–Crippen LogP) is 4.06. The number of ketones is 1. The average Bonchev–Trinajstić information content (AvgIpc) is 3.00. The molecule has 3 aliphatic rings. The third-order valence-electron chi connectivity index (χ3n) is 5.84. The topological polar surface area (TPSA) is 17.1 Å². The minimum Gasteiger partial charge on any atom is -0.299 e. The standard InChI is InChI=1S/C19H22O/c1-12(2)16-5-3-4-14-11-19(18(20)9-17(14)16)10-13-6-7-15(19)8-13/h3-7,12-13,15H,8-11H2,1-2H3. The Bertz CT molecular complexity index is 610. The van der Waals surface area contributed by atoms with Gasteiger partial charge in [-0.15, -0.1) is 0 Å². The van der Waals surface area contributed by atoms with Gasteiger partial charge in [0.05, 0.1) is 0 Å². The number of benzene rings is 1. The SMILES string of the molecule is CC(C)c1cccc2c1CC(=O)C1(C2)CC2C=CC1C2. The molecule has 0 saturated heterocycles. The molecule has 1 aromatic rings. The maximum Gasteiger partial charge on any atom is 0.144 e. The lowest BCUT2D eigenvalue weighted by molar-refractivity contribution is -0.130. The van der Waals surface area contributed by atoms with Crippen LogP contribution in [0.25, 0.3) is 0 Å². The largest absolute Gasteiger partial charge is 0.299 e. The van der Waals surface area contributed by atoms with E-state index in [9.17, 15) is 4.79 Å². The first-order valence-corrected chi connectivity index (χ1v) is 7.92. The highest BCUT2D eigenvalue weighted by Gasteiger charge is 2.54. The van der Waals surface area contributed by atoms with E-state index in [1.165, 1.54) is 23.1 Å². The molecule has 1 spiro atoms. The van der Waals surface area contributed by atoms with Crippen LogP contribution in [-0.2, 0) is 17.6 Å². The van der Waals surface area contributed by atoms with Gasteiger partial charge < -0.3 is 0 Å². The zero-order valence-electron chi connectivity index (χ0n) is 12.4. The predicted molar refractivity (Wildman–Crippen MR) is 80.7 cm³/mol. The van der Waals surface area contributed by atoms with E-state index in [-0.39, 0.29) is 5.41 Å². The summed E-state index contributed by atoms with van der Waals surface area (Å²) in [5, 5.41) is 0. The molecule has 104 valence electrons. The van der Waals surface area contributed by atoms with E-state index in [0.717, 1.165) is 12.8 Å². The molecule has 3 unspecified atom stereocenters. The Labute approximate surface area is 121 Å². The summed E-state index contributed by atoms with van der Waals surface area (Å²) in [4.78, 5) is 12.9. The number of Topliss-reactive ketones (excluding diaryl/α,β-unsaturated/α-hetero) is 1. The fourth-order valence-electron chi connectivity index (χ4n) is 4.83. The van der Waals surface area contributed by atoms with Crippen LogP contribution in [0.4, 0.5) is 0 Å². The van der Waals surface area contributed by atoms with E-state index in [1.807, 2.05) is 0 Å². The summed E-state index contributed by atoms with van der Waals surface area (Å²) < 4.78 is 0. The molecule has 3 atom stereocenters. The summed E-state index contributed by atoms with van der Waals surface area (Å²) in [6, 6.07) is 6.64. The van der Waals surface area contributed by atoms with Gasteiger partial charge in [-0.05, 0) is 53.7 Å². The second kappa shape index (κ2) is 4.07. The molecule has 2 bridgehead atoms. The number of carbonyl (C=O) groups excluding carboxylic acids is 1. The average molecular weight is 266 g/mol. The fourth-order valence-corrected chi connectivity index (χ4v) is 4.83. The van der Waals surface area contributed by atoms with Crippen molar-refractivity contribution in [2.45, 2.75) is 45.4 Å². The van der Waals surface area contributed by atoms with Gasteiger partial charge in [0.2, 0.25) is 0 Å². The Morgan fingerprint density at radius 2 is 2.10 bits per heavy atom. The van der Waals surface area contributed by atoms with E-state index in [0.29, 0.717) is 30.0 Å². The van der Waals surface area contributed by atoms with Crippen LogP contribution in [0.5, 0.6) is 0 Å². The number of hydrogen-bond acceptors (Lipinski definition) is 1. The molecular weight excluding hydrogens is 244 g/mol. The number of hydrogen-bond donors (Lipinski definition) is 0. The molecule has 4 rings (SSSR count). The van der Waals surface area contributed by atoms with Crippen LogP contribution in [0.3, 0.4) is 0 Å². The first-order chi connectivity index (χ1) is 9.60. The Morgan fingerprint density at radius 3 is 2.75 bits per heavy atom. The van der Waals surface area contributed by atoms with Crippen LogP contribution >= 0.6 is 0 Å². The van der Waals surface area contributed by atoms with Gasteiger partial charge in [-0.3, -0.25) is 4.79 Å². The molecule has 0 aromatic heterocycles. The summed E-state index contributed by atoms with van der Waals surface area (Å²) in [5.74, 6) is 2.19. The minimum absolute atomic E-state index is 0.0536. The Kier molecular flexibility index (Phi) is 2.52. The maximum absolute atomic E-state index is 12.9. The summed E-state index contributed by atoms with van der Waals surface area (Å²) in [6.45, 7) is 4.45. The molecule has 0 aliphatic heterocycles. The molecule has 0 heterocycles. The highest BCUT2D eigenvalue weighted by atomic mass is 16.1. The van der Waals surface area contributed by atoms with Crippen LogP contribution < -0.4 is 0 Å². The summed E-state index contributed by atoms with van der Waals surface area (Å²) >= 11 is 0. The molecule has 20 heavy (non-hydrogen) atoms. The van der Waals surface area contributed by atoms with E-state index in [2.05, 4.69) is 44.2 Å². The first-order valence-electron chi connectivity index (χ1n) is 7.92. The molecule has 1 nitrogen and oxygen atoms in total. The lowest BCUT2D eigenvalue weighted by atomic mass is 9.63. The highest BCUT2D eigenvalue weighted by molar-refractivity contribution is 5.90. The number of allylic oxidation sites excluding steroid dienone is 2. The van der Waals surface area contributed by atoms with Gasteiger partial charge in [-0.25, -0.2) is 0 Å². The zero-order valence-corrected chi connectivity index (χ0v) is 12.4. The van der Waals surface area contributed by atoms with Crippen LogP contribution in [0.15, 0.2) is 30.4 Å². The third-order valence-corrected chi connectivity index (χ3v) is 5.84. The highest BCUT2D eigenvalue weighted by Crippen LogP contribution is 2.56. The number of rotatable bonds is 1. The van der Waals surface area contributed by atoms with Crippen molar-refractivity contribution < 1.29 is 4.79 Å². The van der Waals surface area contributed by atoms with Crippen molar-refractivity contribution in [3.8, 4) is 0 Å². The molecular formula is C19H22O. The zero-order chi connectivity index (χ0) is 13.9. The second-order valence-corrected chi connectivity index (χ2v) is 7.26. The van der Waals surface area contributed by atoms with Crippen molar-refractivity contribution >= 4 is 5.78 Å². The molecule has 0 N–H and O–H groups in total. The summed E-state index contributed by atoms with van der Waals surface area (Å²) in [5.41, 5.74) is 4.10. The van der Waals surface area contributed by atoms with E-state index < -0.39 is 0 Å². The molecule has 1 aromatic carbocycles. The second-order valence-electron chi connectivity index (χ2n) is 7.26. The molecule has 1 fully saturated rings. The molecule has 1 heteroatoms. The van der Waals surface area contributed by atoms with Gasteiger partial charge in [-0.1, -0.05) is 44.2 Å². The van der Waals surface area contributed by atoms with Gasteiger partial charge in [0.1, 0.15) is 5.78 Å².